The topological polar surface area (TPSA) is 84.9 Å². The van der Waals surface area contributed by atoms with Crippen LogP contribution in [-0.2, 0) is 25.7 Å². The first-order valence-electron chi connectivity index (χ1n) is 9.39. The Labute approximate surface area is 160 Å². The van der Waals surface area contributed by atoms with Crippen molar-refractivity contribution in [3.63, 3.8) is 0 Å². The highest BCUT2D eigenvalue weighted by atomic mass is 16.6. The third-order valence-corrected chi connectivity index (χ3v) is 4.45. The van der Waals surface area contributed by atoms with Crippen molar-refractivity contribution in [1.29, 1.82) is 0 Å². The average molecular weight is 376 g/mol. The third-order valence-electron chi connectivity index (χ3n) is 4.45. The number of carbonyl (C=O) groups is 3. The number of benzene rings is 1. The van der Waals surface area contributed by atoms with Crippen LogP contribution in [0.5, 0.6) is 0 Å². The van der Waals surface area contributed by atoms with Gasteiger partial charge in [-0.3, -0.25) is 4.79 Å². The van der Waals surface area contributed by atoms with Gasteiger partial charge in [0, 0.05) is 13.1 Å². The lowest BCUT2D eigenvalue weighted by molar-refractivity contribution is -0.154. The van der Waals surface area contributed by atoms with Crippen LogP contribution in [0.2, 0.25) is 0 Å². The molecule has 0 aromatic heterocycles. The molecule has 7 nitrogen and oxygen atoms in total. The van der Waals surface area contributed by atoms with Gasteiger partial charge in [-0.25, -0.2) is 9.59 Å². The molecule has 1 saturated heterocycles. The standard InChI is InChI=1S/C20H28N2O5/c1-15(2)18(21-20(25)27-13-16-9-5-3-6-10-16)19(24)26-14-17(23)22-11-7-4-8-12-22/h3,5-6,9-10,15,18H,4,7-8,11-14H2,1-2H3,(H,21,25)/t18-/m0/s1. The van der Waals surface area contributed by atoms with E-state index in [1.807, 2.05) is 30.3 Å². The Morgan fingerprint density at radius 2 is 1.70 bits per heavy atom. The Balaban J connectivity index is 1.79. The summed E-state index contributed by atoms with van der Waals surface area (Å²) in [6, 6.07) is 8.39. The highest BCUT2D eigenvalue weighted by Gasteiger charge is 2.28. The third kappa shape index (κ3) is 6.92. The van der Waals surface area contributed by atoms with Gasteiger partial charge in [0.15, 0.2) is 6.61 Å². The summed E-state index contributed by atoms with van der Waals surface area (Å²) in [5.74, 6) is -1.03. The van der Waals surface area contributed by atoms with E-state index in [1.54, 1.807) is 18.7 Å². The first kappa shape index (κ1) is 20.7. The molecule has 0 saturated carbocycles. The fourth-order valence-electron chi connectivity index (χ4n) is 2.85. The molecular weight excluding hydrogens is 348 g/mol. The number of nitrogens with one attached hydrogen (secondary N) is 1. The summed E-state index contributed by atoms with van der Waals surface area (Å²) in [4.78, 5) is 38.1. The van der Waals surface area contributed by atoms with Crippen molar-refractivity contribution >= 4 is 18.0 Å². The van der Waals surface area contributed by atoms with Gasteiger partial charge in [0.05, 0.1) is 0 Å². The van der Waals surface area contributed by atoms with Crippen LogP contribution < -0.4 is 5.32 Å². The van der Waals surface area contributed by atoms with Crippen molar-refractivity contribution in [2.75, 3.05) is 19.7 Å². The van der Waals surface area contributed by atoms with E-state index in [1.165, 1.54) is 0 Å². The second kappa shape index (κ2) is 10.5. The zero-order chi connectivity index (χ0) is 19.6. The van der Waals surface area contributed by atoms with Crippen LogP contribution in [0.15, 0.2) is 30.3 Å². The van der Waals surface area contributed by atoms with E-state index >= 15 is 0 Å². The number of esters is 1. The van der Waals surface area contributed by atoms with Crippen LogP contribution in [0, 0.1) is 5.92 Å². The highest BCUT2D eigenvalue weighted by molar-refractivity contribution is 5.85. The fourth-order valence-corrected chi connectivity index (χ4v) is 2.85. The second-order valence-electron chi connectivity index (χ2n) is 6.98. The number of hydrogen-bond donors (Lipinski definition) is 1. The fraction of sp³-hybridized carbons (Fsp3) is 0.550. The van der Waals surface area contributed by atoms with Gasteiger partial charge in [0.25, 0.3) is 5.91 Å². The molecule has 2 amide bonds. The summed E-state index contributed by atoms with van der Waals surface area (Å²) in [5.41, 5.74) is 0.850. The molecule has 148 valence electrons. The number of nitrogens with zero attached hydrogens (tertiary/aromatic N) is 1. The SMILES string of the molecule is CC(C)[C@H](NC(=O)OCc1ccccc1)C(=O)OCC(=O)N1CCCCC1. The predicted molar refractivity (Wildman–Crippen MR) is 99.8 cm³/mol. The zero-order valence-electron chi connectivity index (χ0n) is 16.0. The molecule has 1 N–H and O–H groups in total. The normalized spacial score (nSPS) is 15.1. The Morgan fingerprint density at radius 1 is 1.04 bits per heavy atom. The van der Waals surface area contributed by atoms with Crippen molar-refractivity contribution in [2.45, 2.75) is 45.8 Å². The molecule has 7 heteroatoms. The van der Waals surface area contributed by atoms with Crippen molar-refractivity contribution in [2.24, 2.45) is 5.92 Å². The number of ether oxygens (including phenoxy) is 2. The van der Waals surface area contributed by atoms with Gasteiger partial charge in [-0.1, -0.05) is 44.2 Å². The van der Waals surface area contributed by atoms with Gasteiger partial charge in [0.1, 0.15) is 12.6 Å². The summed E-state index contributed by atoms with van der Waals surface area (Å²) >= 11 is 0. The maximum Gasteiger partial charge on any atom is 0.408 e. The van der Waals surface area contributed by atoms with Crippen molar-refractivity contribution in [3.05, 3.63) is 35.9 Å². The number of amides is 2. The van der Waals surface area contributed by atoms with Gasteiger partial charge >= 0.3 is 12.1 Å². The Kier molecular flexibility index (Phi) is 8.10. The Hall–Kier alpha value is -2.57. The number of rotatable bonds is 7. The molecule has 1 aromatic rings. The minimum atomic E-state index is -0.873. The van der Waals surface area contributed by atoms with Crippen molar-refractivity contribution in [1.82, 2.24) is 10.2 Å². The average Bonchev–Trinajstić information content (AvgIpc) is 2.69. The van der Waals surface area contributed by atoms with Crippen LogP contribution in [0.3, 0.4) is 0 Å². The second-order valence-corrected chi connectivity index (χ2v) is 6.98. The summed E-state index contributed by atoms with van der Waals surface area (Å²) < 4.78 is 10.3. The van der Waals surface area contributed by atoms with E-state index in [4.69, 9.17) is 9.47 Å². The van der Waals surface area contributed by atoms with Gasteiger partial charge in [0.2, 0.25) is 0 Å². The maximum atomic E-state index is 12.3. The molecule has 27 heavy (non-hydrogen) atoms. The van der Waals surface area contributed by atoms with Crippen LogP contribution >= 0.6 is 0 Å². The van der Waals surface area contributed by atoms with Gasteiger partial charge in [-0.05, 0) is 30.7 Å². The van der Waals surface area contributed by atoms with E-state index in [0.717, 1.165) is 24.8 Å². The van der Waals surface area contributed by atoms with Crippen LogP contribution in [0.1, 0.15) is 38.7 Å². The zero-order valence-corrected chi connectivity index (χ0v) is 16.0. The lowest BCUT2D eigenvalue weighted by atomic mass is 10.1. The summed E-state index contributed by atoms with van der Waals surface area (Å²) in [5, 5.41) is 2.53. The van der Waals surface area contributed by atoms with Gasteiger partial charge in [-0.2, -0.15) is 0 Å². The number of alkyl carbamates (subject to hydrolysis) is 1. The van der Waals surface area contributed by atoms with Crippen LogP contribution in [0.4, 0.5) is 4.79 Å². The maximum absolute atomic E-state index is 12.3. The minimum absolute atomic E-state index is 0.111. The minimum Gasteiger partial charge on any atom is -0.454 e. The molecule has 1 fully saturated rings. The Bertz CT molecular complexity index is 627. The van der Waals surface area contributed by atoms with E-state index in [9.17, 15) is 14.4 Å². The smallest absolute Gasteiger partial charge is 0.408 e. The monoisotopic (exact) mass is 376 g/mol. The first-order chi connectivity index (χ1) is 13.0. The molecule has 1 aliphatic rings. The van der Waals surface area contributed by atoms with E-state index in [2.05, 4.69) is 5.32 Å². The summed E-state index contributed by atoms with van der Waals surface area (Å²) in [6.07, 6.45) is 2.37. The summed E-state index contributed by atoms with van der Waals surface area (Å²) in [7, 11) is 0. The van der Waals surface area contributed by atoms with Gasteiger partial charge in [-0.15, -0.1) is 0 Å². The molecule has 2 rings (SSSR count). The molecular formula is C20H28N2O5. The molecule has 1 aromatic carbocycles. The largest absolute Gasteiger partial charge is 0.454 e. The van der Waals surface area contributed by atoms with E-state index < -0.39 is 18.1 Å². The predicted octanol–water partition coefficient (Wildman–Crippen LogP) is 2.49. The lowest BCUT2D eigenvalue weighted by Crippen LogP contribution is -2.46. The highest BCUT2D eigenvalue weighted by Crippen LogP contribution is 2.10. The first-order valence-corrected chi connectivity index (χ1v) is 9.39. The Morgan fingerprint density at radius 3 is 2.33 bits per heavy atom. The van der Waals surface area contributed by atoms with Gasteiger partial charge < -0.3 is 19.7 Å². The molecule has 0 aliphatic carbocycles. The number of hydrogen-bond acceptors (Lipinski definition) is 5. The number of likely N-dealkylation sites (tertiary alicyclic amines) is 1. The molecule has 1 aliphatic heterocycles. The van der Waals surface area contributed by atoms with E-state index in [-0.39, 0.29) is 25.0 Å². The van der Waals surface area contributed by atoms with Crippen molar-refractivity contribution in [3.8, 4) is 0 Å². The molecule has 1 heterocycles. The van der Waals surface area contributed by atoms with E-state index in [0.29, 0.717) is 13.1 Å². The van der Waals surface area contributed by atoms with Crippen molar-refractivity contribution < 1.29 is 23.9 Å². The van der Waals surface area contributed by atoms with Crippen LogP contribution in [0.25, 0.3) is 0 Å². The summed E-state index contributed by atoms with van der Waals surface area (Å²) in [6.45, 7) is 4.79. The quantitative estimate of drug-likeness (QED) is 0.739. The molecule has 0 spiro atoms. The number of piperidine rings is 1. The lowest BCUT2D eigenvalue weighted by Gasteiger charge is -2.27. The molecule has 0 radical (unpaired) electrons. The molecule has 1 atom stereocenters. The number of carbonyl (C=O) groups excluding carboxylic acids is 3. The van der Waals surface area contributed by atoms with Crippen LogP contribution in [-0.4, -0.2) is 48.6 Å². The molecule has 0 unspecified atom stereocenters. The molecule has 0 bridgehead atoms.